The van der Waals surface area contributed by atoms with Gasteiger partial charge in [0.25, 0.3) is 0 Å². The molecule has 0 bridgehead atoms. The summed E-state index contributed by atoms with van der Waals surface area (Å²) >= 11 is 0. The number of nitrogens with two attached hydrogens (primary N) is 1. The van der Waals surface area contributed by atoms with Gasteiger partial charge in [-0.2, -0.15) is 0 Å². The lowest BCUT2D eigenvalue weighted by Gasteiger charge is -2.21. The highest BCUT2D eigenvalue weighted by Gasteiger charge is 2.38. The van der Waals surface area contributed by atoms with E-state index in [1.807, 2.05) is 6.92 Å². The van der Waals surface area contributed by atoms with Crippen LogP contribution in [-0.2, 0) is 14.6 Å². The molecule has 84 valence electrons. The first-order valence-corrected chi connectivity index (χ1v) is 6.87. The molecular weight excluding hydrogens is 202 g/mol. The SMILES string of the molecule is CCCOCCC1(N)CCS(=O)(=O)C1. The van der Waals surface area contributed by atoms with E-state index in [0.717, 1.165) is 13.0 Å². The lowest BCUT2D eigenvalue weighted by molar-refractivity contribution is 0.118. The molecule has 5 heteroatoms. The van der Waals surface area contributed by atoms with E-state index in [0.29, 0.717) is 19.4 Å². The largest absolute Gasteiger partial charge is 0.381 e. The maximum Gasteiger partial charge on any atom is 0.152 e. The lowest BCUT2D eigenvalue weighted by Crippen LogP contribution is -2.42. The molecule has 14 heavy (non-hydrogen) atoms. The van der Waals surface area contributed by atoms with Gasteiger partial charge in [0, 0.05) is 18.8 Å². The monoisotopic (exact) mass is 221 g/mol. The molecular formula is C9H19NO3S. The Hall–Kier alpha value is -0.130. The van der Waals surface area contributed by atoms with Gasteiger partial charge in [-0.1, -0.05) is 6.92 Å². The summed E-state index contributed by atoms with van der Waals surface area (Å²) in [6, 6.07) is 0. The number of ether oxygens (including phenoxy) is 1. The van der Waals surface area contributed by atoms with Gasteiger partial charge in [0.15, 0.2) is 9.84 Å². The fourth-order valence-electron chi connectivity index (χ4n) is 1.66. The molecule has 1 saturated heterocycles. The summed E-state index contributed by atoms with van der Waals surface area (Å²) in [7, 11) is -2.88. The van der Waals surface area contributed by atoms with Crippen LogP contribution in [0.2, 0.25) is 0 Å². The molecule has 0 aliphatic carbocycles. The molecule has 1 heterocycles. The third-order valence-electron chi connectivity index (χ3n) is 2.51. The van der Waals surface area contributed by atoms with Crippen LogP contribution in [0, 0.1) is 0 Å². The Morgan fingerprint density at radius 2 is 2.14 bits per heavy atom. The van der Waals surface area contributed by atoms with E-state index in [2.05, 4.69) is 0 Å². The lowest BCUT2D eigenvalue weighted by atomic mass is 9.97. The zero-order valence-corrected chi connectivity index (χ0v) is 9.48. The van der Waals surface area contributed by atoms with Gasteiger partial charge in [-0.25, -0.2) is 8.42 Å². The van der Waals surface area contributed by atoms with Crippen molar-refractivity contribution in [3.63, 3.8) is 0 Å². The van der Waals surface area contributed by atoms with Crippen LogP contribution in [0.4, 0.5) is 0 Å². The summed E-state index contributed by atoms with van der Waals surface area (Å²) in [5.74, 6) is 0.354. The van der Waals surface area contributed by atoms with Gasteiger partial charge in [0.2, 0.25) is 0 Å². The molecule has 4 nitrogen and oxygen atoms in total. The normalized spacial score (nSPS) is 30.7. The molecule has 0 aromatic heterocycles. The molecule has 0 radical (unpaired) electrons. The minimum Gasteiger partial charge on any atom is -0.381 e. The average molecular weight is 221 g/mol. The quantitative estimate of drug-likeness (QED) is 0.679. The Morgan fingerprint density at radius 3 is 2.64 bits per heavy atom. The predicted molar refractivity (Wildman–Crippen MR) is 55.9 cm³/mol. The van der Waals surface area contributed by atoms with E-state index in [1.54, 1.807) is 0 Å². The highest BCUT2D eigenvalue weighted by atomic mass is 32.2. The van der Waals surface area contributed by atoms with Crippen molar-refractivity contribution in [2.75, 3.05) is 24.7 Å². The van der Waals surface area contributed by atoms with Crippen molar-refractivity contribution in [2.45, 2.75) is 31.7 Å². The molecule has 1 aliphatic heterocycles. The van der Waals surface area contributed by atoms with Crippen molar-refractivity contribution in [2.24, 2.45) is 5.73 Å². The third-order valence-corrected chi connectivity index (χ3v) is 4.35. The van der Waals surface area contributed by atoms with Gasteiger partial charge in [-0.3, -0.25) is 0 Å². The Balaban J connectivity index is 2.30. The maximum absolute atomic E-state index is 11.2. The zero-order valence-electron chi connectivity index (χ0n) is 8.66. The second-order valence-corrected chi connectivity index (χ2v) is 6.25. The van der Waals surface area contributed by atoms with Gasteiger partial charge in [-0.05, 0) is 19.3 Å². The summed E-state index contributed by atoms with van der Waals surface area (Å²) in [5, 5.41) is 0. The summed E-state index contributed by atoms with van der Waals surface area (Å²) in [6.45, 7) is 3.33. The standard InChI is InChI=1S/C9H19NO3S/c1-2-5-13-6-3-9(10)4-7-14(11,12)8-9/h2-8,10H2,1H3. The maximum atomic E-state index is 11.2. The number of sulfone groups is 1. The Morgan fingerprint density at radius 1 is 1.43 bits per heavy atom. The molecule has 1 fully saturated rings. The molecule has 2 N–H and O–H groups in total. The van der Waals surface area contributed by atoms with Crippen LogP contribution in [-0.4, -0.2) is 38.7 Å². The highest BCUT2D eigenvalue weighted by Crippen LogP contribution is 2.23. The molecule has 1 unspecified atom stereocenters. The van der Waals surface area contributed by atoms with Crippen LogP contribution >= 0.6 is 0 Å². The minimum absolute atomic E-state index is 0.121. The molecule has 1 aliphatic rings. The van der Waals surface area contributed by atoms with Gasteiger partial charge in [0.05, 0.1) is 11.5 Å². The van der Waals surface area contributed by atoms with Crippen LogP contribution in [0.5, 0.6) is 0 Å². The van der Waals surface area contributed by atoms with E-state index in [4.69, 9.17) is 10.5 Å². The molecule has 0 aromatic carbocycles. The van der Waals surface area contributed by atoms with E-state index in [1.165, 1.54) is 0 Å². The van der Waals surface area contributed by atoms with Crippen LogP contribution in [0.15, 0.2) is 0 Å². The zero-order chi connectivity index (χ0) is 10.7. The van der Waals surface area contributed by atoms with E-state index in [-0.39, 0.29) is 11.5 Å². The third kappa shape index (κ3) is 3.55. The van der Waals surface area contributed by atoms with E-state index in [9.17, 15) is 8.42 Å². The van der Waals surface area contributed by atoms with Crippen LogP contribution in [0.1, 0.15) is 26.2 Å². The van der Waals surface area contributed by atoms with Crippen LogP contribution < -0.4 is 5.73 Å². The topological polar surface area (TPSA) is 69.4 Å². The molecule has 0 amide bonds. The Labute approximate surface area is 85.7 Å². The van der Waals surface area contributed by atoms with Crippen molar-refractivity contribution >= 4 is 9.84 Å². The molecule has 1 rings (SSSR count). The fourth-order valence-corrected chi connectivity index (χ4v) is 3.69. The van der Waals surface area contributed by atoms with Gasteiger partial charge >= 0.3 is 0 Å². The van der Waals surface area contributed by atoms with Crippen LogP contribution in [0.3, 0.4) is 0 Å². The molecule has 0 spiro atoms. The number of rotatable bonds is 5. The van der Waals surface area contributed by atoms with E-state index < -0.39 is 15.4 Å². The van der Waals surface area contributed by atoms with Gasteiger partial charge < -0.3 is 10.5 Å². The number of hydrogen-bond acceptors (Lipinski definition) is 4. The second kappa shape index (κ2) is 4.59. The highest BCUT2D eigenvalue weighted by molar-refractivity contribution is 7.91. The summed E-state index contributed by atoms with van der Waals surface area (Å²) in [5.41, 5.74) is 5.42. The first kappa shape index (κ1) is 11.9. The second-order valence-electron chi connectivity index (χ2n) is 4.07. The minimum atomic E-state index is -2.88. The fraction of sp³-hybridized carbons (Fsp3) is 1.00. The molecule has 0 saturated carbocycles. The van der Waals surface area contributed by atoms with E-state index >= 15 is 0 Å². The molecule has 1 atom stereocenters. The van der Waals surface area contributed by atoms with Crippen molar-refractivity contribution in [1.82, 2.24) is 0 Å². The van der Waals surface area contributed by atoms with Crippen molar-refractivity contribution < 1.29 is 13.2 Å². The first-order valence-electron chi connectivity index (χ1n) is 5.04. The smallest absolute Gasteiger partial charge is 0.152 e. The molecule has 0 aromatic rings. The Kier molecular flexibility index (Phi) is 3.92. The van der Waals surface area contributed by atoms with Gasteiger partial charge in [0.1, 0.15) is 0 Å². The predicted octanol–water partition coefficient (Wildman–Crippen LogP) is 0.319. The van der Waals surface area contributed by atoms with Crippen LogP contribution in [0.25, 0.3) is 0 Å². The van der Waals surface area contributed by atoms with Gasteiger partial charge in [-0.15, -0.1) is 0 Å². The number of hydrogen-bond donors (Lipinski definition) is 1. The van der Waals surface area contributed by atoms with Crippen molar-refractivity contribution in [3.05, 3.63) is 0 Å². The summed E-state index contributed by atoms with van der Waals surface area (Å²) < 4.78 is 27.7. The summed E-state index contributed by atoms with van der Waals surface area (Å²) in [4.78, 5) is 0. The Bertz CT molecular complexity index is 276. The summed E-state index contributed by atoms with van der Waals surface area (Å²) in [6.07, 6.45) is 2.20. The van der Waals surface area contributed by atoms with Crippen molar-refractivity contribution in [3.8, 4) is 0 Å². The average Bonchev–Trinajstić information content (AvgIpc) is 2.36. The van der Waals surface area contributed by atoms with Crippen molar-refractivity contribution in [1.29, 1.82) is 0 Å². The first-order chi connectivity index (χ1) is 6.47.